The third-order valence-electron chi connectivity index (χ3n) is 12.7. The standard InChI is InChI=1S/C54H32N4S2/c1-2-15-33(16-3-1)57-42-29-27-31-14-4-5-17-34(31)46(42)38-28-26-32(30-43(38)57)53-55-49-40-22-10-13-25-45(40)60-52(49)54(56-53)58-41-23-11-8-20-37(41)47-35-18-6-7-19-36(35)51-48(50(47)58)39-21-9-12-24-44(39)59-51/h1-11,13-23,25-30H,12,24H2. The molecule has 1 aliphatic carbocycles. The van der Waals surface area contributed by atoms with Crippen molar-refractivity contribution >= 4 is 124 Å². The molecule has 8 aromatic carbocycles. The molecule has 0 aliphatic heterocycles. The van der Waals surface area contributed by atoms with E-state index in [1.54, 1.807) is 11.3 Å². The minimum absolute atomic E-state index is 0.716. The minimum Gasteiger partial charge on any atom is -0.309 e. The zero-order chi connectivity index (χ0) is 39.1. The van der Waals surface area contributed by atoms with Crippen molar-refractivity contribution in [3.8, 4) is 22.9 Å². The van der Waals surface area contributed by atoms with E-state index < -0.39 is 0 Å². The molecule has 0 saturated carbocycles. The van der Waals surface area contributed by atoms with Gasteiger partial charge in [0.15, 0.2) is 11.6 Å². The predicted octanol–water partition coefficient (Wildman–Crippen LogP) is 15.2. The summed E-state index contributed by atoms with van der Waals surface area (Å²) in [6.07, 6.45) is 6.87. The molecule has 0 saturated heterocycles. The molecule has 14 rings (SSSR count). The van der Waals surface area contributed by atoms with Gasteiger partial charge in [0.2, 0.25) is 0 Å². The SMILES string of the molecule is C1=Cc2c(sc3c4ccccc4c4c5ccccc5n(-c5nc(-c6ccc7c8c9ccccc9ccc8n(-c8ccccc8)c7c6)nc6c5sc5ccccc56)c4c23)CC1. The molecule has 0 N–H and O–H groups in total. The van der Waals surface area contributed by atoms with E-state index in [9.17, 15) is 0 Å². The van der Waals surface area contributed by atoms with Gasteiger partial charge >= 0.3 is 0 Å². The van der Waals surface area contributed by atoms with Gasteiger partial charge in [0.1, 0.15) is 0 Å². The van der Waals surface area contributed by atoms with Gasteiger partial charge in [-0.05, 0) is 71.0 Å². The lowest BCUT2D eigenvalue weighted by atomic mass is 9.96. The molecular formula is C54H32N4S2. The summed E-state index contributed by atoms with van der Waals surface area (Å²) in [6, 6.07) is 57.4. The molecule has 0 radical (unpaired) electrons. The Bertz CT molecular complexity index is 4010. The molecule has 1 aliphatic rings. The monoisotopic (exact) mass is 800 g/mol. The third kappa shape index (κ3) is 4.39. The lowest BCUT2D eigenvalue weighted by Gasteiger charge is -2.13. The Morgan fingerprint density at radius 2 is 1.25 bits per heavy atom. The Morgan fingerprint density at radius 1 is 0.500 bits per heavy atom. The van der Waals surface area contributed by atoms with Crippen molar-refractivity contribution in [2.24, 2.45) is 0 Å². The second-order valence-electron chi connectivity index (χ2n) is 15.9. The van der Waals surface area contributed by atoms with Crippen LogP contribution in [0.2, 0.25) is 0 Å². The number of aromatic nitrogens is 4. The van der Waals surface area contributed by atoms with Crippen molar-refractivity contribution in [2.45, 2.75) is 12.8 Å². The van der Waals surface area contributed by atoms with Crippen LogP contribution in [0.15, 0.2) is 164 Å². The summed E-state index contributed by atoms with van der Waals surface area (Å²) >= 11 is 3.76. The lowest BCUT2D eigenvalue weighted by molar-refractivity contribution is 1.02. The van der Waals surface area contributed by atoms with Crippen molar-refractivity contribution in [3.05, 3.63) is 174 Å². The molecule has 280 valence electrons. The molecule has 5 heterocycles. The van der Waals surface area contributed by atoms with E-state index in [1.807, 2.05) is 11.3 Å². The van der Waals surface area contributed by atoms with E-state index in [2.05, 4.69) is 179 Å². The number of allylic oxidation sites excluding steroid dienone is 1. The maximum Gasteiger partial charge on any atom is 0.162 e. The number of thiophene rings is 2. The van der Waals surface area contributed by atoms with E-state index in [1.165, 1.54) is 79.3 Å². The summed E-state index contributed by atoms with van der Waals surface area (Å²) in [5.41, 5.74) is 9.14. The zero-order valence-electron chi connectivity index (χ0n) is 32.2. The van der Waals surface area contributed by atoms with E-state index in [0.29, 0.717) is 5.82 Å². The lowest BCUT2D eigenvalue weighted by Crippen LogP contribution is -2.02. The van der Waals surface area contributed by atoms with Gasteiger partial charge in [0, 0.05) is 63.2 Å². The van der Waals surface area contributed by atoms with Gasteiger partial charge in [-0.3, -0.25) is 4.57 Å². The normalized spacial score (nSPS) is 13.1. The number of hydrogen-bond acceptors (Lipinski definition) is 4. The molecule has 13 aromatic rings. The fourth-order valence-corrected chi connectivity index (χ4v) is 12.7. The van der Waals surface area contributed by atoms with Crippen molar-refractivity contribution in [3.63, 3.8) is 0 Å². The minimum atomic E-state index is 0.716. The first-order valence-corrected chi connectivity index (χ1v) is 22.2. The first kappa shape index (κ1) is 32.8. The topological polar surface area (TPSA) is 35.6 Å². The molecule has 0 unspecified atom stereocenters. The second kappa shape index (κ2) is 12.2. The Labute approximate surface area is 351 Å². The molecule has 6 heteroatoms. The number of rotatable bonds is 3. The predicted molar refractivity (Wildman–Crippen MR) is 257 cm³/mol. The van der Waals surface area contributed by atoms with E-state index in [4.69, 9.17) is 9.97 Å². The molecule has 5 aromatic heterocycles. The second-order valence-corrected chi connectivity index (χ2v) is 18.1. The maximum atomic E-state index is 5.74. The van der Waals surface area contributed by atoms with Crippen LogP contribution in [-0.2, 0) is 6.42 Å². The quantitative estimate of drug-likeness (QED) is 0.178. The summed E-state index contributed by atoms with van der Waals surface area (Å²) in [7, 11) is 0. The third-order valence-corrected chi connectivity index (χ3v) is 15.2. The fourth-order valence-electron chi connectivity index (χ4n) is 10.2. The number of aryl methyl sites for hydroxylation is 1. The first-order valence-electron chi connectivity index (χ1n) is 20.6. The molecule has 0 fully saturated rings. The van der Waals surface area contributed by atoms with Crippen molar-refractivity contribution in [1.82, 2.24) is 19.1 Å². The molecule has 60 heavy (non-hydrogen) atoms. The highest BCUT2D eigenvalue weighted by molar-refractivity contribution is 7.26. The van der Waals surface area contributed by atoms with Crippen molar-refractivity contribution in [1.29, 1.82) is 0 Å². The highest BCUT2D eigenvalue weighted by Crippen LogP contribution is 2.50. The highest BCUT2D eigenvalue weighted by Gasteiger charge is 2.27. The summed E-state index contributed by atoms with van der Waals surface area (Å²) in [6.45, 7) is 0. The highest BCUT2D eigenvalue weighted by atomic mass is 32.1. The van der Waals surface area contributed by atoms with Crippen LogP contribution in [-0.4, -0.2) is 19.1 Å². The summed E-state index contributed by atoms with van der Waals surface area (Å²) < 4.78 is 8.55. The van der Waals surface area contributed by atoms with E-state index >= 15 is 0 Å². The van der Waals surface area contributed by atoms with Crippen LogP contribution in [0, 0.1) is 0 Å². The van der Waals surface area contributed by atoms with E-state index in [-0.39, 0.29) is 0 Å². The van der Waals surface area contributed by atoms with Gasteiger partial charge in [-0.15, -0.1) is 22.7 Å². The molecular weight excluding hydrogens is 769 g/mol. The molecule has 0 amide bonds. The largest absolute Gasteiger partial charge is 0.309 e. The summed E-state index contributed by atoms with van der Waals surface area (Å²) in [5, 5.41) is 12.6. The Balaban J connectivity index is 1.14. The zero-order valence-corrected chi connectivity index (χ0v) is 33.8. The molecule has 0 atom stereocenters. The molecule has 0 bridgehead atoms. The molecule has 4 nitrogen and oxygen atoms in total. The number of para-hydroxylation sites is 2. The van der Waals surface area contributed by atoms with Crippen LogP contribution in [0.4, 0.5) is 0 Å². The van der Waals surface area contributed by atoms with Gasteiger partial charge in [0.05, 0.1) is 32.3 Å². The average molecular weight is 801 g/mol. The number of benzene rings is 8. The average Bonchev–Trinajstić information content (AvgIpc) is 4.07. The smallest absolute Gasteiger partial charge is 0.162 e. The van der Waals surface area contributed by atoms with Gasteiger partial charge in [-0.2, -0.15) is 0 Å². The Kier molecular flexibility index (Phi) is 6.67. The van der Waals surface area contributed by atoms with Gasteiger partial charge in [0.25, 0.3) is 0 Å². The summed E-state index contributed by atoms with van der Waals surface area (Å²) in [5.74, 6) is 1.64. The number of hydrogen-bond donors (Lipinski definition) is 0. The van der Waals surface area contributed by atoms with Gasteiger partial charge < -0.3 is 4.57 Å². The van der Waals surface area contributed by atoms with Crippen LogP contribution < -0.4 is 0 Å². The van der Waals surface area contributed by atoms with Crippen LogP contribution in [0.3, 0.4) is 0 Å². The van der Waals surface area contributed by atoms with Gasteiger partial charge in [-0.1, -0.05) is 133 Å². The van der Waals surface area contributed by atoms with Crippen LogP contribution >= 0.6 is 22.7 Å². The Hall–Kier alpha value is -7.12. The van der Waals surface area contributed by atoms with Crippen molar-refractivity contribution in [2.75, 3.05) is 0 Å². The van der Waals surface area contributed by atoms with Gasteiger partial charge in [-0.25, -0.2) is 9.97 Å². The van der Waals surface area contributed by atoms with Crippen LogP contribution in [0.5, 0.6) is 0 Å². The van der Waals surface area contributed by atoms with Crippen molar-refractivity contribution < 1.29 is 0 Å². The Morgan fingerprint density at radius 3 is 2.15 bits per heavy atom. The van der Waals surface area contributed by atoms with E-state index in [0.717, 1.165) is 56.5 Å². The fraction of sp³-hybridized carbons (Fsp3) is 0.0370. The first-order chi connectivity index (χ1) is 29.8. The molecule has 0 spiro atoms. The summed E-state index contributed by atoms with van der Waals surface area (Å²) in [4.78, 5) is 12.7. The van der Waals surface area contributed by atoms with Crippen LogP contribution in [0.1, 0.15) is 16.9 Å². The maximum absolute atomic E-state index is 5.74. The number of fused-ring (bicyclic) bond motifs is 18. The number of nitrogens with zero attached hydrogens (tertiary/aromatic N) is 4. The van der Waals surface area contributed by atoms with Crippen LogP contribution in [0.25, 0.3) is 125 Å².